The summed E-state index contributed by atoms with van der Waals surface area (Å²) in [6.45, 7) is 4.41. The van der Waals surface area contributed by atoms with Crippen LogP contribution in [-0.2, 0) is 19.4 Å². The van der Waals surface area contributed by atoms with Crippen LogP contribution in [0.25, 0.3) is 5.69 Å². The Morgan fingerprint density at radius 3 is 2.64 bits per heavy atom. The normalized spacial score (nSPS) is 12.8. The van der Waals surface area contributed by atoms with Crippen molar-refractivity contribution >= 4 is 17.5 Å². The third-order valence-electron chi connectivity index (χ3n) is 6.72. The second-order valence-electron chi connectivity index (χ2n) is 9.49. The molecule has 2 aromatic heterocycles. The summed E-state index contributed by atoms with van der Waals surface area (Å²) in [7, 11) is 1.80. The van der Waals surface area contributed by atoms with Crippen molar-refractivity contribution in [2.24, 2.45) is 0 Å². The summed E-state index contributed by atoms with van der Waals surface area (Å²) < 4.78 is 1.67. The summed E-state index contributed by atoms with van der Waals surface area (Å²) in [5, 5.41) is 14.9. The monoisotopic (exact) mass is 482 g/mol. The van der Waals surface area contributed by atoms with Crippen LogP contribution < -0.4 is 5.32 Å². The summed E-state index contributed by atoms with van der Waals surface area (Å²) in [4.78, 5) is 27.4. The summed E-state index contributed by atoms with van der Waals surface area (Å²) in [6, 6.07) is 13.0. The Morgan fingerprint density at radius 1 is 1.08 bits per heavy atom. The van der Waals surface area contributed by atoms with E-state index in [1.165, 1.54) is 24.1 Å². The fourth-order valence-electron chi connectivity index (χ4n) is 4.75. The Morgan fingerprint density at radius 2 is 1.86 bits per heavy atom. The van der Waals surface area contributed by atoms with Crippen molar-refractivity contribution in [2.45, 2.75) is 46.1 Å². The topological polar surface area (TPSA) is 95.9 Å². The minimum Gasteiger partial charge on any atom is -0.336 e. The molecule has 2 aromatic carbocycles. The lowest BCUT2D eigenvalue weighted by atomic mass is 9.96. The standard InChI is InChI=1S/C28H30N6O2/c1-18-8-13-23(19(2)14-18)27(35)30-21-15-29-34(16-21)22-11-9-20(10-12-22)28(36)33(3)17-26-24-6-4-5-7-25(24)31-32-26/h8-16H,4-7,17H2,1-3H3,(H,30,35)(H,31,32). The third kappa shape index (κ3) is 4.79. The fourth-order valence-corrected chi connectivity index (χ4v) is 4.75. The molecule has 0 spiro atoms. The third-order valence-corrected chi connectivity index (χ3v) is 6.72. The van der Waals surface area contributed by atoms with Crippen molar-refractivity contribution in [3.63, 3.8) is 0 Å². The van der Waals surface area contributed by atoms with Gasteiger partial charge in [-0.05, 0) is 81.0 Å². The second-order valence-corrected chi connectivity index (χ2v) is 9.49. The van der Waals surface area contributed by atoms with Gasteiger partial charge in [-0.3, -0.25) is 14.7 Å². The minimum absolute atomic E-state index is 0.0593. The molecule has 2 amide bonds. The number of nitrogens with one attached hydrogen (secondary N) is 2. The maximum Gasteiger partial charge on any atom is 0.256 e. The largest absolute Gasteiger partial charge is 0.336 e. The zero-order valence-corrected chi connectivity index (χ0v) is 20.8. The van der Waals surface area contributed by atoms with Crippen LogP contribution >= 0.6 is 0 Å². The summed E-state index contributed by atoms with van der Waals surface area (Å²) in [5.41, 5.74) is 8.12. The molecule has 2 heterocycles. The van der Waals surface area contributed by atoms with E-state index in [0.717, 1.165) is 35.3 Å². The molecule has 0 unspecified atom stereocenters. The van der Waals surface area contributed by atoms with E-state index in [2.05, 4.69) is 20.6 Å². The van der Waals surface area contributed by atoms with Gasteiger partial charge in [0.2, 0.25) is 0 Å². The first-order chi connectivity index (χ1) is 17.4. The van der Waals surface area contributed by atoms with Gasteiger partial charge in [0.1, 0.15) is 0 Å². The lowest BCUT2D eigenvalue weighted by molar-refractivity contribution is 0.0783. The van der Waals surface area contributed by atoms with E-state index < -0.39 is 0 Å². The van der Waals surface area contributed by atoms with E-state index in [9.17, 15) is 9.59 Å². The molecule has 2 N–H and O–H groups in total. The van der Waals surface area contributed by atoms with Crippen molar-refractivity contribution in [1.82, 2.24) is 24.9 Å². The van der Waals surface area contributed by atoms with Crippen molar-refractivity contribution in [3.8, 4) is 5.69 Å². The molecular weight excluding hydrogens is 452 g/mol. The number of aromatic amines is 1. The molecule has 0 radical (unpaired) electrons. The number of hydrogen-bond donors (Lipinski definition) is 2. The number of amides is 2. The van der Waals surface area contributed by atoms with Gasteiger partial charge >= 0.3 is 0 Å². The first kappa shape index (κ1) is 23.5. The van der Waals surface area contributed by atoms with Gasteiger partial charge in [0, 0.05) is 23.9 Å². The Bertz CT molecular complexity index is 1420. The number of nitrogens with zero attached hydrogens (tertiary/aromatic N) is 4. The van der Waals surface area contributed by atoms with E-state index in [1.807, 2.05) is 44.2 Å². The Kier molecular flexibility index (Phi) is 6.41. The predicted molar refractivity (Wildman–Crippen MR) is 138 cm³/mol. The average molecular weight is 483 g/mol. The molecule has 0 saturated heterocycles. The first-order valence-electron chi connectivity index (χ1n) is 12.2. The number of H-pyrrole nitrogens is 1. The summed E-state index contributed by atoms with van der Waals surface area (Å²) in [5.74, 6) is -0.231. The van der Waals surface area contributed by atoms with Gasteiger partial charge in [-0.25, -0.2) is 4.68 Å². The molecule has 36 heavy (non-hydrogen) atoms. The minimum atomic E-state index is -0.172. The van der Waals surface area contributed by atoms with Gasteiger partial charge in [-0.1, -0.05) is 17.7 Å². The summed E-state index contributed by atoms with van der Waals surface area (Å²) in [6.07, 6.45) is 7.78. The Balaban J connectivity index is 1.23. The van der Waals surface area contributed by atoms with E-state index in [4.69, 9.17) is 0 Å². The quantitative estimate of drug-likeness (QED) is 0.419. The molecule has 0 fully saturated rings. The predicted octanol–water partition coefficient (Wildman–Crippen LogP) is 4.62. The highest BCUT2D eigenvalue weighted by molar-refractivity contribution is 6.05. The number of fused-ring (bicyclic) bond motifs is 1. The van der Waals surface area contributed by atoms with Gasteiger partial charge in [0.15, 0.2) is 0 Å². The van der Waals surface area contributed by atoms with E-state index in [0.29, 0.717) is 23.4 Å². The average Bonchev–Trinajstić information content (AvgIpc) is 3.51. The lowest BCUT2D eigenvalue weighted by Crippen LogP contribution is -2.27. The SMILES string of the molecule is Cc1ccc(C(=O)Nc2cnn(-c3ccc(C(=O)N(C)Cc4n[nH]c5c4CCCC5)cc3)c2)c(C)c1. The van der Waals surface area contributed by atoms with Crippen molar-refractivity contribution in [2.75, 3.05) is 12.4 Å². The van der Waals surface area contributed by atoms with Crippen LogP contribution in [0.3, 0.4) is 0 Å². The molecule has 0 bridgehead atoms. The molecule has 0 atom stereocenters. The van der Waals surface area contributed by atoms with Crippen LogP contribution in [0.4, 0.5) is 5.69 Å². The number of aromatic nitrogens is 4. The molecule has 8 nitrogen and oxygen atoms in total. The molecule has 1 aliphatic carbocycles. The highest BCUT2D eigenvalue weighted by Crippen LogP contribution is 2.23. The van der Waals surface area contributed by atoms with Gasteiger partial charge in [-0.2, -0.15) is 10.2 Å². The molecule has 0 saturated carbocycles. The molecule has 4 aromatic rings. The van der Waals surface area contributed by atoms with Crippen LogP contribution in [0.2, 0.25) is 0 Å². The fraction of sp³-hybridized carbons (Fsp3) is 0.286. The number of aryl methyl sites for hydroxylation is 3. The summed E-state index contributed by atoms with van der Waals surface area (Å²) >= 11 is 0. The van der Waals surface area contributed by atoms with Crippen LogP contribution in [-0.4, -0.2) is 43.7 Å². The van der Waals surface area contributed by atoms with Gasteiger partial charge in [0.05, 0.1) is 36.0 Å². The molecule has 5 rings (SSSR count). The molecule has 0 aliphatic heterocycles. The van der Waals surface area contributed by atoms with Gasteiger partial charge < -0.3 is 10.2 Å². The molecule has 184 valence electrons. The van der Waals surface area contributed by atoms with Crippen LogP contribution in [0.1, 0.15) is 61.6 Å². The van der Waals surface area contributed by atoms with E-state index >= 15 is 0 Å². The number of carbonyl (C=O) groups is 2. The Hall–Kier alpha value is -4.20. The van der Waals surface area contributed by atoms with Gasteiger partial charge in [-0.15, -0.1) is 0 Å². The second kappa shape index (κ2) is 9.81. The van der Waals surface area contributed by atoms with E-state index in [1.54, 1.807) is 41.2 Å². The number of carbonyl (C=O) groups excluding carboxylic acids is 2. The van der Waals surface area contributed by atoms with Crippen LogP contribution in [0.5, 0.6) is 0 Å². The van der Waals surface area contributed by atoms with Crippen LogP contribution in [0.15, 0.2) is 54.9 Å². The maximum absolute atomic E-state index is 13.0. The Labute approximate surface area is 210 Å². The highest BCUT2D eigenvalue weighted by Gasteiger charge is 2.20. The maximum atomic E-state index is 13.0. The number of hydrogen-bond acceptors (Lipinski definition) is 4. The molecule has 1 aliphatic rings. The number of rotatable bonds is 6. The van der Waals surface area contributed by atoms with Crippen molar-refractivity contribution < 1.29 is 9.59 Å². The van der Waals surface area contributed by atoms with Gasteiger partial charge in [0.25, 0.3) is 11.8 Å². The smallest absolute Gasteiger partial charge is 0.256 e. The number of anilines is 1. The molecular formula is C28H30N6O2. The highest BCUT2D eigenvalue weighted by atomic mass is 16.2. The first-order valence-corrected chi connectivity index (χ1v) is 12.2. The van der Waals surface area contributed by atoms with Crippen LogP contribution in [0, 0.1) is 13.8 Å². The van der Waals surface area contributed by atoms with Crippen molar-refractivity contribution in [3.05, 3.63) is 94.1 Å². The van der Waals surface area contributed by atoms with E-state index in [-0.39, 0.29) is 11.8 Å². The zero-order chi connectivity index (χ0) is 25.2. The number of benzene rings is 2. The zero-order valence-electron chi connectivity index (χ0n) is 20.8. The van der Waals surface area contributed by atoms with Crippen molar-refractivity contribution in [1.29, 1.82) is 0 Å². The lowest BCUT2D eigenvalue weighted by Gasteiger charge is -2.18. The molecule has 8 heteroatoms.